The third kappa shape index (κ3) is 3.25. The first kappa shape index (κ1) is 18.8. The molecule has 154 valence electrons. The number of oxazole rings is 1. The van der Waals surface area contributed by atoms with Crippen molar-refractivity contribution < 1.29 is 14.0 Å². The van der Waals surface area contributed by atoms with Gasteiger partial charge in [0, 0.05) is 24.7 Å². The number of rotatable bonds is 4. The van der Waals surface area contributed by atoms with E-state index in [1.165, 1.54) is 4.90 Å². The molecule has 2 aromatic carbocycles. The number of imide groups is 1. The molecule has 3 heterocycles. The number of nitrogens with zero attached hydrogens (tertiary/aromatic N) is 4. The molecule has 0 radical (unpaired) electrons. The van der Waals surface area contributed by atoms with E-state index >= 15 is 0 Å². The van der Waals surface area contributed by atoms with Crippen LogP contribution in [-0.2, 0) is 4.79 Å². The number of para-hydroxylation sites is 3. The van der Waals surface area contributed by atoms with Crippen molar-refractivity contribution in [1.29, 1.82) is 0 Å². The number of piperidine rings is 1. The van der Waals surface area contributed by atoms with Crippen molar-refractivity contribution >= 4 is 28.7 Å². The second-order valence-corrected chi connectivity index (χ2v) is 7.98. The quantitative estimate of drug-likeness (QED) is 0.618. The van der Waals surface area contributed by atoms with Crippen molar-refractivity contribution in [3.05, 3.63) is 60.5 Å². The van der Waals surface area contributed by atoms with Crippen molar-refractivity contribution in [3.63, 3.8) is 0 Å². The smallest absolute Gasteiger partial charge is 0.333 e. The summed E-state index contributed by atoms with van der Waals surface area (Å²) in [7, 11) is 0. The Morgan fingerprint density at radius 2 is 1.70 bits per heavy atom. The van der Waals surface area contributed by atoms with Crippen LogP contribution in [-0.4, -0.2) is 52.5 Å². The van der Waals surface area contributed by atoms with E-state index < -0.39 is 6.04 Å². The minimum atomic E-state index is -0.489. The first-order chi connectivity index (χ1) is 14.6. The van der Waals surface area contributed by atoms with Crippen LogP contribution in [0.5, 0.6) is 0 Å². The monoisotopic (exact) mass is 404 g/mol. The molecule has 0 N–H and O–H groups in total. The summed E-state index contributed by atoms with van der Waals surface area (Å²) >= 11 is 0. The van der Waals surface area contributed by atoms with Gasteiger partial charge < -0.3 is 4.42 Å². The highest BCUT2D eigenvalue weighted by Gasteiger charge is 2.44. The molecule has 0 aliphatic carbocycles. The first-order valence-electron chi connectivity index (χ1n) is 10.4. The van der Waals surface area contributed by atoms with Gasteiger partial charge in [0.15, 0.2) is 11.5 Å². The zero-order valence-corrected chi connectivity index (χ0v) is 16.9. The van der Waals surface area contributed by atoms with Gasteiger partial charge in [-0.25, -0.2) is 14.7 Å². The van der Waals surface area contributed by atoms with Crippen LogP contribution in [0, 0.1) is 0 Å². The molecule has 2 aliphatic rings. The van der Waals surface area contributed by atoms with Crippen molar-refractivity contribution in [2.45, 2.75) is 31.7 Å². The highest BCUT2D eigenvalue weighted by molar-refractivity contribution is 6.14. The van der Waals surface area contributed by atoms with Gasteiger partial charge in [-0.15, -0.1) is 0 Å². The molecule has 5 rings (SSSR count). The Morgan fingerprint density at radius 3 is 2.43 bits per heavy atom. The molecule has 1 atom stereocenters. The zero-order chi connectivity index (χ0) is 20.7. The first-order valence-corrected chi connectivity index (χ1v) is 10.4. The van der Waals surface area contributed by atoms with Gasteiger partial charge >= 0.3 is 6.03 Å². The van der Waals surface area contributed by atoms with E-state index in [4.69, 9.17) is 4.42 Å². The van der Waals surface area contributed by atoms with Crippen LogP contribution in [0.4, 0.5) is 10.5 Å². The maximum Gasteiger partial charge on any atom is 0.333 e. The maximum absolute atomic E-state index is 13.0. The van der Waals surface area contributed by atoms with Crippen molar-refractivity contribution in [2.24, 2.45) is 0 Å². The summed E-state index contributed by atoms with van der Waals surface area (Å²) in [6.45, 7) is 3.69. The number of amides is 3. The van der Waals surface area contributed by atoms with Gasteiger partial charge in [-0.05, 0) is 44.0 Å². The van der Waals surface area contributed by atoms with E-state index in [2.05, 4.69) is 9.88 Å². The normalized spacial score (nSPS) is 21.2. The van der Waals surface area contributed by atoms with E-state index in [0.717, 1.165) is 48.6 Å². The average molecular weight is 404 g/mol. The van der Waals surface area contributed by atoms with E-state index in [-0.39, 0.29) is 17.9 Å². The number of hydrogen-bond donors (Lipinski definition) is 0. The summed E-state index contributed by atoms with van der Waals surface area (Å²) in [5, 5.41) is 0. The van der Waals surface area contributed by atoms with Gasteiger partial charge in [0.05, 0.1) is 6.67 Å². The van der Waals surface area contributed by atoms with Gasteiger partial charge in [0.1, 0.15) is 11.6 Å². The van der Waals surface area contributed by atoms with Crippen LogP contribution in [0.15, 0.2) is 59.0 Å². The number of carbonyl (C=O) groups is 2. The highest BCUT2D eigenvalue weighted by Crippen LogP contribution is 2.31. The molecule has 2 fully saturated rings. The van der Waals surface area contributed by atoms with Crippen LogP contribution >= 0.6 is 0 Å². The third-order valence-electron chi connectivity index (χ3n) is 6.07. The number of anilines is 1. The fraction of sp³-hybridized carbons (Fsp3) is 0.348. The zero-order valence-electron chi connectivity index (χ0n) is 16.9. The largest absolute Gasteiger partial charge is 0.440 e. The molecule has 1 aromatic heterocycles. The molecule has 0 saturated carbocycles. The minimum Gasteiger partial charge on any atom is -0.440 e. The highest BCUT2D eigenvalue weighted by atomic mass is 16.3. The number of benzene rings is 2. The van der Waals surface area contributed by atoms with E-state index in [0.29, 0.717) is 6.67 Å². The minimum absolute atomic E-state index is 0.148. The molecule has 0 spiro atoms. The Labute approximate surface area is 174 Å². The molecule has 0 bridgehead atoms. The van der Waals surface area contributed by atoms with Crippen LogP contribution in [0.25, 0.3) is 11.1 Å². The number of carbonyl (C=O) groups excluding carboxylic acids is 2. The standard InChI is InChI=1S/C23H24N4O3/c1-16-22(28)26(23(29)27(16)18-7-3-2-4-8-18)15-25-13-11-17(12-14-25)21-24-19-9-5-6-10-20(19)30-21/h2-10,16-17H,11-15H2,1H3. The second-order valence-electron chi connectivity index (χ2n) is 7.98. The Bertz CT molecular complexity index is 1040. The Morgan fingerprint density at radius 1 is 1.00 bits per heavy atom. The van der Waals surface area contributed by atoms with Gasteiger partial charge in [0.25, 0.3) is 5.91 Å². The second kappa shape index (κ2) is 7.57. The van der Waals surface area contributed by atoms with Crippen LogP contribution in [0.2, 0.25) is 0 Å². The Hall–Kier alpha value is -3.19. The molecular formula is C23H24N4O3. The van der Waals surface area contributed by atoms with Crippen molar-refractivity contribution in [3.8, 4) is 0 Å². The lowest BCUT2D eigenvalue weighted by Crippen LogP contribution is -2.45. The molecular weight excluding hydrogens is 380 g/mol. The number of fused-ring (bicyclic) bond motifs is 1. The van der Waals surface area contributed by atoms with Gasteiger partial charge in [-0.2, -0.15) is 0 Å². The van der Waals surface area contributed by atoms with Gasteiger partial charge in [0.2, 0.25) is 0 Å². The topological polar surface area (TPSA) is 69.9 Å². The average Bonchev–Trinajstić information content (AvgIpc) is 3.30. The fourth-order valence-corrected chi connectivity index (χ4v) is 4.36. The van der Waals surface area contributed by atoms with Crippen molar-refractivity contribution in [2.75, 3.05) is 24.7 Å². The SMILES string of the molecule is CC1C(=O)N(CN2CCC(c3nc4ccccc4o3)CC2)C(=O)N1c1ccccc1. The lowest BCUT2D eigenvalue weighted by Gasteiger charge is -2.32. The van der Waals surface area contributed by atoms with Gasteiger partial charge in [-0.1, -0.05) is 30.3 Å². The predicted octanol–water partition coefficient (Wildman–Crippen LogP) is 3.82. The molecule has 1 unspecified atom stereocenters. The molecule has 2 aliphatic heterocycles. The molecule has 7 nitrogen and oxygen atoms in total. The summed E-state index contributed by atoms with van der Waals surface area (Å²) < 4.78 is 5.93. The number of hydrogen-bond acceptors (Lipinski definition) is 5. The molecule has 3 aromatic rings. The number of likely N-dealkylation sites (tertiary alicyclic amines) is 1. The lowest BCUT2D eigenvalue weighted by atomic mass is 9.97. The Kier molecular flexibility index (Phi) is 4.75. The predicted molar refractivity (Wildman–Crippen MR) is 113 cm³/mol. The third-order valence-corrected chi connectivity index (χ3v) is 6.07. The van der Waals surface area contributed by atoms with Crippen LogP contribution in [0.1, 0.15) is 31.6 Å². The lowest BCUT2D eigenvalue weighted by molar-refractivity contribution is -0.128. The van der Waals surface area contributed by atoms with Gasteiger partial charge in [-0.3, -0.25) is 14.6 Å². The molecule has 7 heteroatoms. The fourth-order valence-electron chi connectivity index (χ4n) is 4.36. The Balaban J connectivity index is 1.24. The van der Waals surface area contributed by atoms with E-state index in [9.17, 15) is 9.59 Å². The summed E-state index contributed by atoms with van der Waals surface area (Å²) in [6.07, 6.45) is 1.78. The summed E-state index contributed by atoms with van der Waals surface area (Å²) in [6, 6.07) is 16.4. The number of aromatic nitrogens is 1. The number of urea groups is 1. The molecule has 2 saturated heterocycles. The van der Waals surface area contributed by atoms with Crippen LogP contribution < -0.4 is 4.90 Å². The van der Waals surface area contributed by atoms with E-state index in [1.54, 1.807) is 11.8 Å². The summed E-state index contributed by atoms with van der Waals surface area (Å²) in [5.74, 6) is 0.899. The molecule has 3 amide bonds. The summed E-state index contributed by atoms with van der Waals surface area (Å²) in [5.41, 5.74) is 2.46. The van der Waals surface area contributed by atoms with Crippen molar-refractivity contribution in [1.82, 2.24) is 14.8 Å². The van der Waals surface area contributed by atoms with E-state index in [1.807, 2.05) is 54.6 Å². The van der Waals surface area contributed by atoms with Crippen LogP contribution in [0.3, 0.4) is 0 Å². The summed E-state index contributed by atoms with van der Waals surface area (Å²) in [4.78, 5) is 35.5. The molecule has 30 heavy (non-hydrogen) atoms. The maximum atomic E-state index is 13.0.